The van der Waals surface area contributed by atoms with Crippen molar-refractivity contribution in [3.05, 3.63) is 71.3 Å². The first-order valence-corrected chi connectivity index (χ1v) is 24.6. The van der Waals surface area contributed by atoms with Crippen molar-refractivity contribution in [3.63, 3.8) is 0 Å². The molecule has 2 aromatic rings. The lowest BCUT2D eigenvalue weighted by atomic mass is 9.43. The van der Waals surface area contributed by atoms with E-state index in [0.29, 0.717) is 17.3 Å². The van der Waals surface area contributed by atoms with Gasteiger partial charge in [-0.3, -0.25) is 4.79 Å². The molecular weight excluding hydrogens is 669 g/mol. The molecule has 11 atom stereocenters. The van der Waals surface area contributed by atoms with Gasteiger partial charge in [0.05, 0.1) is 12.5 Å². The number of carbonyl (C=O) groups is 1. The van der Waals surface area contributed by atoms with Crippen molar-refractivity contribution >= 4 is 14.3 Å². The van der Waals surface area contributed by atoms with Crippen molar-refractivity contribution in [1.29, 1.82) is 0 Å². The SMILES string of the molecule is CC(C)CCC[C@@H](C)[C@H]1CC[C@H]2[C@@H]3C[C@H](O)[C@H]4C[C@H](OC(=O)Cc5ccc(C6(c7ccccc7)CC(C)(C)[Si](C)(C)O6)cc5)CC[C@]4(C)[C@H]3CC[C@]12C. The Balaban J connectivity index is 0.978. The number of aliphatic hydroxyl groups excluding tert-OH is 1. The summed E-state index contributed by atoms with van der Waals surface area (Å²) < 4.78 is 13.4. The van der Waals surface area contributed by atoms with Gasteiger partial charge in [-0.2, -0.15) is 0 Å². The molecule has 1 heterocycles. The van der Waals surface area contributed by atoms with E-state index in [4.69, 9.17) is 9.16 Å². The first kappa shape index (κ1) is 39.3. The molecule has 0 aromatic heterocycles. The zero-order valence-electron chi connectivity index (χ0n) is 34.8. The third-order valence-electron chi connectivity index (χ3n) is 16.9. The van der Waals surface area contributed by atoms with Gasteiger partial charge in [0, 0.05) is 0 Å². The van der Waals surface area contributed by atoms with Crippen LogP contribution in [0.5, 0.6) is 0 Å². The Hall–Kier alpha value is -1.95. The number of aliphatic hydroxyl groups is 1. The second-order valence-corrected chi connectivity index (χ2v) is 25.5. The van der Waals surface area contributed by atoms with Gasteiger partial charge >= 0.3 is 5.97 Å². The average molecular weight is 741 g/mol. The van der Waals surface area contributed by atoms with E-state index < -0.39 is 13.9 Å². The van der Waals surface area contributed by atoms with Crippen LogP contribution in [-0.4, -0.2) is 31.6 Å². The maximum atomic E-state index is 13.5. The van der Waals surface area contributed by atoms with Gasteiger partial charge in [0.15, 0.2) is 8.32 Å². The molecule has 5 fully saturated rings. The van der Waals surface area contributed by atoms with Gasteiger partial charge in [-0.1, -0.05) is 122 Å². The molecule has 0 radical (unpaired) electrons. The number of hydrogen-bond acceptors (Lipinski definition) is 4. The van der Waals surface area contributed by atoms with E-state index in [2.05, 4.69) is 116 Å². The molecule has 53 heavy (non-hydrogen) atoms. The summed E-state index contributed by atoms with van der Waals surface area (Å²) in [6.07, 6.45) is 14.0. The Labute approximate surface area is 323 Å². The third-order valence-corrected chi connectivity index (χ3v) is 21.2. The standard InChI is InChI=1S/C48H72O4Si/c1-32(2)14-13-15-33(3)39-22-23-40-38-30-43(49)42-29-37(24-26-47(42,7)41(38)25-27-46(39,40)6)51-44(50)28-34-18-20-36(21-19-34)48(35-16-11-10-12-17-35)31-45(4,5)53(8,9)52-48/h10-12,16-21,32-33,37-43,49H,13-15,22-31H2,1-9H3/t33-,37-,38+,39-,40+,41+,42-,43+,46-,47-,48?/m1/s1. The van der Waals surface area contributed by atoms with Crippen LogP contribution >= 0.6 is 0 Å². The van der Waals surface area contributed by atoms with E-state index in [0.717, 1.165) is 66.9 Å². The summed E-state index contributed by atoms with van der Waals surface area (Å²) in [7, 11) is -1.98. The fourth-order valence-electron chi connectivity index (χ4n) is 13.3. The highest BCUT2D eigenvalue weighted by molar-refractivity contribution is 6.75. The Bertz CT molecular complexity index is 1570. The largest absolute Gasteiger partial charge is 0.462 e. The van der Waals surface area contributed by atoms with Crippen LogP contribution in [0.2, 0.25) is 18.1 Å². The molecule has 0 amide bonds. The molecule has 5 heteroatoms. The van der Waals surface area contributed by atoms with E-state index in [9.17, 15) is 9.90 Å². The molecule has 1 saturated heterocycles. The number of fused-ring (bicyclic) bond motifs is 5. The van der Waals surface area contributed by atoms with Crippen LogP contribution in [-0.2, 0) is 26.0 Å². The quantitative estimate of drug-likeness (QED) is 0.195. The van der Waals surface area contributed by atoms with Crippen LogP contribution in [0, 0.1) is 52.3 Å². The first-order valence-electron chi connectivity index (χ1n) is 21.7. The number of hydrogen-bond donors (Lipinski definition) is 1. The van der Waals surface area contributed by atoms with Crippen LogP contribution in [0.3, 0.4) is 0 Å². The summed E-state index contributed by atoms with van der Waals surface area (Å²) in [5.41, 5.74) is 3.42. The maximum Gasteiger partial charge on any atom is 0.310 e. The number of ether oxygens (including phenoxy) is 1. The van der Waals surface area contributed by atoms with Crippen molar-refractivity contribution in [3.8, 4) is 0 Å². The minimum atomic E-state index is -1.98. The number of rotatable bonds is 10. The summed E-state index contributed by atoms with van der Waals surface area (Å²) in [4.78, 5) is 13.5. The molecule has 4 aliphatic carbocycles. The minimum Gasteiger partial charge on any atom is -0.462 e. The van der Waals surface area contributed by atoms with Gasteiger partial charge in [-0.25, -0.2) is 0 Å². The predicted molar refractivity (Wildman–Crippen MR) is 219 cm³/mol. The molecule has 4 saturated carbocycles. The van der Waals surface area contributed by atoms with Gasteiger partial charge in [0.2, 0.25) is 0 Å². The molecule has 5 aliphatic rings. The molecule has 2 aromatic carbocycles. The van der Waals surface area contributed by atoms with Crippen molar-refractivity contribution in [1.82, 2.24) is 0 Å². The number of benzene rings is 2. The van der Waals surface area contributed by atoms with Gasteiger partial charge in [-0.05, 0) is 145 Å². The van der Waals surface area contributed by atoms with Crippen LogP contribution < -0.4 is 0 Å². The Kier molecular flexibility index (Phi) is 10.8. The monoisotopic (exact) mass is 741 g/mol. The molecule has 1 unspecified atom stereocenters. The summed E-state index contributed by atoms with van der Waals surface area (Å²) in [5.74, 6) is 4.55. The van der Waals surface area contributed by atoms with Crippen LogP contribution in [0.15, 0.2) is 54.6 Å². The molecule has 0 spiro atoms. The van der Waals surface area contributed by atoms with Crippen LogP contribution in [0.25, 0.3) is 0 Å². The number of carbonyl (C=O) groups excluding carboxylic acids is 1. The highest BCUT2D eigenvalue weighted by atomic mass is 28.4. The van der Waals surface area contributed by atoms with E-state index >= 15 is 0 Å². The molecule has 1 aliphatic heterocycles. The lowest BCUT2D eigenvalue weighted by molar-refractivity contribution is -0.183. The fraction of sp³-hybridized carbons (Fsp3) is 0.729. The topological polar surface area (TPSA) is 55.8 Å². The molecule has 4 nitrogen and oxygen atoms in total. The van der Waals surface area contributed by atoms with Crippen molar-refractivity contribution in [2.45, 2.75) is 168 Å². The van der Waals surface area contributed by atoms with E-state index in [1.165, 1.54) is 50.5 Å². The zero-order valence-corrected chi connectivity index (χ0v) is 35.8. The summed E-state index contributed by atoms with van der Waals surface area (Å²) in [5, 5.41) is 12.0. The van der Waals surface area contributed by atoms with Crippen LogP contribution in [0.4, 0.5) is 0 Å². The smallest absolute Gasteiger partial charge is 0.310 e. The summed E-state index contributed by atoms with van der Waals surface area (Å²) in [6.45, 7) is 21.8. The van der Waals surface area contributed by atoms with Gasteiger partial charge in [0.1, 0.15) is 11.7 Å². The summed E-state index contributed by atoms with van der Waals surface area (Å²) in [6, 6.07) is 19.2. The molecule has 292 valence electrons. The number of esters is 1. The lowest BCUT2D eigenvalue weighted by Gasteiger charge is -2.62. The first-order chi connectivity index (χ1) is 25.0. The second-order valence-electron chi connectivity index (χ2n) is 20.9. The molecule has 0 bridgehead atoms. The molecule has 1 N–H and O–H groups in total. The normalized spacial score (nSPS) is 39.2. The van der Waals surface area contributed by atoms with Gasteiger partial charge in [-0.15, -0.1) is 0 Å². The lowest BCUT2D eigenvalue weighted by Crippen LogP contribution is -2.58. The highest BCUT2D eigenvalue weighted by Gasteiger charge is 2.63. The molecule has 7 rings (SSSR count). The molecular formula is C48H72O4Si. The Morgan fingerprint density at radius 3 is 2.15 bits per heavy atom. The minimum absolute atomic E-state index is 0.106. The van der Waals surface area contributed by atoms with Gasteiger partial charge < -0.3 is 14.3 Å². The maximum absolute atomic E-state index is 13.5. The van der Waals surface area contributed by atoms with Crippen molar-refractivity contribution < 1.29 is 19.1 Å². The highest BCUT2D eigenvalue weighted by Crippen LogP contribution is 2.68. The van der Waals surface area contributed by atoms with E-state index in [-0.39, 0.29) is 41.0 Å². The fourth-order valence-corrected chi connectivity index (χ4v) is 15.5. The van der Waals surface area contributed by atoms with Crippen LogP contribution in [0.1, 0.15) is 142 Å². The summed E-state index contributed by atoms with van der Waals surface area (Å²) >= 11 is 0. The second kappa shape index (κ2) is 14.5. The Morgan fingerprint density at radius 1 is 0.830 bits per heavy atom. The van der Waals surface area contributed by atoms with Crippen molar-refractivity contribution in [2.75, 3.05) is 0 Å². The van der Waals surface area contributed by atoms with E-state index in [1.54, 1.807) is 0 Å². The predicted octanol–water partition coefficient (Wildman–Crippen LogP) is 11.9. The van der Waals surface area contributed by atoms with Crippen molar-refractivity contribution in [2.24, 2.45) is 52.3 Å². The van der Waals surface area contributed by atoms with Gasteiger partial charge in [0.25, 0.3) is 0 Å². The zero-order chi connectivity index (χ0) is 38.0. The average Bonchev–Trinajstić information content (AvgIpc) is 3.55. The Morgan fingerprint density at radius 2 is 1.49 bits per heavy atom. The van der Waals surface area contributed by atoms with E-state index in [1.807, 2.05) is 0 Å². The third kappa shape index (κ3) is 7.05.